The second kappa shape index (κ2) is 6.75. The van der Waals surface area contributed by atoms with Crippen molar-refractivity contribution in [2.75, 3.05) is 13.1 Å². The lowest BCUT2D eigenvalue weighted by Gasteiger charge is -2.29. The van der Waals surface area contributed by atoms with Crippen LogP contribution in [0.25, 0.3) is 11.4 Å². The molecule has 1 aliphatic heterocycles. The Labute approximate surface area is 155 Å². The van der Waals surface area contributed by atoms with E-state index in [4.69, 9.17) is 10.3 Å². The third-order valence-electron chi connectivity index (χ3n) is 5.18. The van der Waals surface area contributed by atoms with E-state index in [-0.39, 0.29) is 16.0 Å². The van der Waals surface area contributed by atoms with Crippen molar-refractivity contribution < 1.29 is 17.7 Å². The smallest absolute Gasteiger partial charge is 0.252 e. The first-order valence-corrected chi connectivity index (χ1v) is 11.0. The number of thiophene rings is 1. The maximum atomic E-state index is 12.8. The van der Waals surface area contributed by atoms with Gasteiger partial charge < -0.3 is 10.3 Å². The van der Waals surface area contributed by atoms with Gasteiger partial charge >= 0.3 is 0 Å². The van der Waals surface area contributed by atoms with Gasteiger partial charge in [0, 0.05) is 35.9 Å². The van der Waals surface area contributed by atoms with Gasteiger partial charge in [-0.25, -0.2) is 8.42 Å². The molecule has 8 nitrogen and oxygen atoms in total. The number of carbonyl (C=O) groups excluding carboxylic acids is 1. The summed E-state index contributed by atoms with van der Waals surface area (Å²) in [4.78, 5) is 15.7. The van der Waals surface area contributed by atoms with Gasteiger partial charge in [0.1, 0.15) is 4.21 Å². The summed E-state index contributed by atoms with van der Waals surface area (Å²) >= 11 is 1.15. The largest absolute Gasteiger partial charge is 0.369 e. The molecule has 0 atom stereocenters. The number of aromatic nitrogens is 2. The summed E-state index contributed by atoms with van der Waals surface area (Å²) in [7, 11) is -3.59. The molecule has 0 bridgehead atoms. The molecular formula is C16H20N4O4S2. The van der Waals surface area contributed by atoms with Crippen molar-refractivity contribution in [3.63, 3.8) is 0 Å². The van der Waals surface area contributed by atoms with Gasteiger partial charge in [0.15, 0.2) is 0 Å². The summed E-state index contributed by atoms with van der Waals surface area (Å²) in [5.74, 6) is 0.793. The lowest BCUT2D eigenvalue weighted by Crippen LogP contribution is -2.41. The van der Waals surface area contributed by atoms with Crippen LogP contribution in [0.4, 0.5) is 0 Å². The van der Waals surface area contributed by atoms with Crippen molar-refractivity contribution in [2.24, 2.45) is 11.7 Å². The standard InChI is InChI=1S/C16H20N4O4S2/c17-14(21)10-4-6-20(7-5-10)26(22,23)13-8-12(9-25-13)15-18-16(24-19-15)11-2-1-3-11/h8-11H,1-7H2,(H2,17,21). The maximum absolute atomic E-state index is 12.8. The number of amides is 1. The van der Waals surface area contributed by atoms with Crippen LogP contribution in [0, 0.1) is 5.92 Å². The fraction of sp³-hybridized carbons (Fsp3) is 0.562. The zero-order valence-corrected chi connectivity index (χ0v) is 15.8. The number of primary amides is 1. The van der Waals surface area contributed by atoms with Crippen LogP contribution in [0.5, 0.6) is 0 Å². The fourth-order valence-electron chi connectivity index (χ4n) is 3.25. The molecule has 2 aliphatic rings. The van der Waals surface area contributed by atoms with Gasteiger partial charge in [-0.05, 0) is 31.7 Å². The van der Waals surface area contributed by atoms with E-state index < -0.39 is 10.0 Å². The van der Waals surface area contributed by atoms with E-state index in [0.717, 1.165) is 24.2 Å². The molecule has 1 aliphatic carbocycles. The highest BCUT2D eigenvalue weighted by molar-refractivity contribution is 7.91. The van der Waals surface area contributed by atoms with Gasteiger partial charge in [0.2, 0.25) is 17.6 Å². The van der Waals surface area contributed by atoms with Crippen LogP contribution < -0.4 is 5.73 Å². The number of nitrogens with two attached hydrogens (primary N) is 1. The molecule has 1 saturated carbocycles. The molecule has 0 radical (unpaired) electrons. The minimum atomic E-state index is -3.59. The molecule has 10 heteroatoms. The predicted molar refractivity (Wildman–Crippen MR) is 94.9 cm³/mol. The van der Waals surface area contributed by atoms with Crippen LogP contribution in [0.15, 0.2) is 20.2 Å². The zero-order valence-electron chi connectivity index (χ0n) is 14.1. The van der Waals surface area contributed by atoms with E-state index in [1.165, 1.54) is 10.7 Å². The summed E-state index contributed by atoms with van der Waals surface area (Å²) in [5, 5.41) is 5.72. The number of carbonyl (C=O) groups is 1. The molecule has 0 spiro atoms. The zero-order chi connectivity index (χ0) is 18.3. The van der Waals surface area contributed by atoms with Crippen molar-refractivity contribution in [1.82, 2.24) is 14.4 Å². The van der Waals surface area contributed by atoms with Gasteiger partial charge in [-0.2, -0.15) is 9.29 Å². The van der Waals surface area contributed by atoms with E-state index in [9.17, 15) is 13.2 Å². The van der Waals surface area contributed by atoms with Crippen molar-refractivity contribution in [1.29, 1.82) is 0 Å². The molecule has 140 valence electrons. The first-order valence-electron chi connectivity index (χ1n) is 8.67. The van der Waals surface area contributed by atoms with Crippen LogP contribution in [-0.4, -0.2) is 41.9 Å². The van der Waals surface area contributed by atoms with Crippen molar-refractivity contribution in [2.45, 2.75) is 42.2 Å². The Morgan fingerprint density at radius 1 is 1.27 bits per heavy atom. The number of hydrogen-bond donors (Lipinski definition) is 1. The van der Waals surface area contributed by atoms with Crippen LogP contribution in [0.1, 0.15) is 43.9 Å². The molecule has 1 amide bonds. The van der Waals surface area contributed by atoms with Crippen LogP contribution >= 0.6 is 11.3 Å². The second-order valence-corrected chi connectivity index (χ2v) is 9.90. The van der Waals surface area contributed by atoms with E-state index in [0.29, 0.717) is 49.1 Å². The molecule has 0 aromatic carbocycles. The Morgan fingerprint density at radius 2 is 2.00 bits per heavy atom. The number of rotatable bonds is 5. The normalized spacial score (nSPS) is 20.2. The molecule has 2 fully saturated rings. The number of piperidine rings is 1. The molecule has 2 aromatic rings. The Balaban J connectivity index is 1.50. The number of hydrogen-bond acceptors (Lipinski definition) is 7. The van der Waals surface area contributed by atoms with Crippen molar-refractivity contribution in [3.8, 4) is 11.4 Å². The summed E-state index contributed by atoms with van der Waals surface area (Å²) in [5.41, 5.74) is 5.96. The van der Waals surface area contributed by atoms with E-state index >= 15 is 0 Å². The van der Waals surface area contributed by atoms with Gasteiger partial charge in [0.25, 0.3) is 10.0 Å². The molecule has 2 N–H and O–H groups in total. The Hall–Kier alpha value is -1.78. The molecular weight excluding hydrogens is 376 g/mol. The Bertz CT molecular complexity index is 908. The third-order valence-corrected chi connectivity index (χ3v) is 8.49. The lowest BCUT2D eigenvalue weighted by atomic mass is 9.85. The lowest BCUT2D eigenvalue weighted by molar-refractivity contribution is -0.122. The van der Waals surface area contributed by atoms with Gasteiger partial charge in [-0.15, -0.1) is 11.3 Å². The maximum Gasteiger partial charge on any atom is 0.252 e. The second-order valence-electron chi connectivity index (χ2n) is 6.82. The monoisotopic (exact) mass is 396 g/mol. The summed E-state index contributed by atoms with van der Waals surface area (Å²) in [6.07, 6.45) is 4.22. The van der Waals surface area contributed by atoms with E-state index in [2.05, 4.69) is 10.1 Å². The molecule has 1 saturated heterocycles. The quantitative estimate of drug-likeness (QED) is 0.825. The average Bonchev–Trinajstić information content (AvgIpc) is 3.22. The summed E-state index contributed by atoms with van der Waals surface area (Å²) in [6.45, 7) is 0.606. The first kappa shape index (κ1) is 17.6. The number of sulfonamides is 1. The Kier molecular flexibility index (Phi) is 4.57. The molecule has 4 rings (SSSR count). The molecule has 0 unspecified atom stereocenters. The van der Waals surface area contributed by atoms with Gasteiger partial charge in [-0.1, -0.05) is 11.6 Å². The molecule has 26 heavy (non-hydrogen) atoms. The molecule has 2 aromatic heterocycles. The highest BCUT2D eigenvalue weighted by Gasteiger charge is 2.32. The SMILES string of the molecule is NC(=O)C1CCN(S(=O)(=O)c2cc(-c3noc(C4CCC4)n3)cs2)CC1. The number of nitrogens with zero attached hydrogens (tertiary/aromatic N) is 3. The van der Waals surface area contributed by atoms with Gasteiger partial charge in [-0.3, -0.25) is 4.79 Å². The van der Waals surface area contributed by atoms with E-state index in [1.807, 2.05) is 0 Å². The summed E-state index contributed by atoms with van der Waals surface area (Å²) in [6, 6.07) is 1.59. The Morgan fingerprint density at radius 3 is 2.62 bits per heavy atom. The van der Waals surface area contributed by atoms with Crippen molar-refractivity contribution >= 4 is 27.3 Å². The van der Waals surface area contributed by atoms with E-state index in [1.54, 1.807) is 11.4 Å². The highest BCUT2D eigenvalue weighted by Crippen LogP contribution is 2.37. The predicted octanol–water partition coefficient (Wildman–Crippen LogP) is 1.95. The van der Waals surface area contributed by atoms with Crippen LogP contribution in [0.3, 0.4) is 0 Å². The van der Waals surface area contributed by atoms with Crippen LogP contribution in [0.2, 0.25) is 0 Å². The summed E-state index contributed by atoms with van der Waals surface area (Å²) < 4.78 is 32.6. The first-order chi connectivity index (χ1) is 12.4. The highest BCUT2D eigenvalue weighted by atomic mass is 32.2. The third kappa shape index (κ3) is 3.17. The average molecular weight is 396 g/mol. The van der Waals surface area contributed by atoms with Gasteiger partial charge in [0.05, 0.1) is 0 Å². The minimum Gasteiger partial charge on any atom is -0.369 e. The molecule has 3 heterocycles. The van der Waals surface area contributed by atoms with Crippen LogP contribution in [-0.2, 0) is 14.8 Å². The topological polar surface area (TPSA) is 119 Å². The minimum absolute atomic E-state index is 0.246. The fourth-order valence-corrected chi connectivity index (χ4v) is 6.03. The van der Waals surface area contributed by atoms with Crippen molar-refractivity contribution in [3.05, 3.63) is 17.3 Å².